The Balaban J connectivity index is 2.06. The summed E-state index contributed by atoms with van der Waals surface area (Å²) in [6.45, 7) is 0. The average molecular weight is 573 g/mol. The molecule has 0 aliphatic rings. The molecule has 194 valence electrons. The first-order valence-electron chi connectivity index (χ1n) is 10.7. The lowest BCUT2D eigenvalue weighted by Crippen LogP contribution is -2.17. The van der Waals surface area contributed by atoms with E-state index in [1.165, 1.54) is 28.4 Å². The molecule has 0 saturated carbocycles. The van der Waals surface area contributed by atoms with Crippen LogP contribution in [0.5, 0.6) is 0 Å². The van der Waals surface area contributed by atoms with Crippen LogP contribution in [0, 0.1) is 0 Å². The molecule has 3 rings (SSSR count). The fraction of sp³-hybridized carbons (Fsp3) is 0.250. The lowest BCUT2D eigenvalue weighted by Gasteiger charge is -2.30. The summed E-state index contributed by atoms with van der Waals surface area (Å²) in [5, 5.41) is 7.60. The summed E-state index contributed by atoms with van der Waals surface area (Å²) < 4.78 is 48.3. The zero-order valence-electron chi connectivity index (χ0n) is 20.2. The standard InChI is InChI=1S/C24H28Cl2N2O6P2/c1-31-35(29,32-2)23(17-9-13-19(25)14-10-17)27-21-7-5-6-8-22(21)28-24(36(30,33-3)34-4)18-11-15-20(26)16-12-18/h5-16,23-24,27-28H,1-4H3. The zero-order chi connectivity index (χ0) is 26.3. The van der Waals surface area contributed by atoms with Gasteiger partial charge in [0.25, 0.3) is 0 Å². The van der Waals surface area contributed by atoms with Crippen LogP contribution in [0.3, 0.4) is 0 Å². The molecule has 0 heterocycles. The fourth-order valence-electron chi connectivity index (χ4n) is 3.58. The van der Waals surface area contributed by atoms with E-state index in [1.807, 2.05) is 0 Å². The normalized spacial score (nSPS) is 13.7. The van der Waals surface area contributed by atoms with E-state index in [4.69, 9.17) is 41.3 Å². The summed E-state index contributed by atoms with van der Waals surface area (Å²) in [6, 6.07) is 20.9. The number of hydrogen-bond donors (Lipinski definition) is 2. The highest BCUT2D eigenvalue weighted by molar-refractivity contribution is 7.54. The molecule has 0 spiro atoms. The van der Waals surface area contributed by atoms with E-state index in [9.17, 15) is 9.13 Å². The SMILES string of the molecule is COP(=O)(OC)C(Nc1ccccc1NC(c1ccc(Cl)cc1)P(=O)(OC)OC)c1ccc(Cl)cc1. The van der Waals surface area contributed by atoms with Crippen molar-refractivity contribution < 1.29 is 27.2 Å². The van der Waals surface area contributed by atoms with Gasteiger partial charge in [-0.05, 0) is 47.5 Å². The summed E-state index contributed by atoms with van der Waals surface area (Å²) >= 11 is 12.1. The topological polar surface area (TPSA) is 95.1 Å². The first-order chi connectivity index (χ1) is 17.2. The Kier molecular flexibility index (Phi) is 10.0. The molecular weight excluding hydrogens is 545 g/mol. The third kappa shape index (κ3) is 6.52. The molecule has 0 radical (unpaired) electrons. The predicted molar refractivity (Wildman–Crippen MR) is 145 cm³/mol. The van der Waals surface area contributed by atoms with Gasteiger partial charge in [0.1, 0.15) is 0 Å². The first-order valence-corrected chi connectivity index (χ1v) is 14.7. The van der Waals surface area contributed by atoms with Crippen LogP contribution in [0.15, 0.2) is 72.8 Å². The van der Waals surface area contributed by atoms with E-state index in [0.717, 1.165) is 0 Å². The molecule has 36 heavy (non-hydrogen) atoms. The van der Waals surface area contributed by atoms with Crippen molar-refractivity contribution in [2.24, 2.45) is 0 Å². The number of anilines is 2. The van der Waals surface area contributed by atoms with E-state index in [0.29, 0.717) is 32.5 Å². The molecule has 0 saturated heterocycles. The summed E-state index contributed by atoms with van der Waals surface area (Å²) in [6.07, 6.45) is 0. The smallest absolute Gasteiger partial charge is 0.356 e. The van der Waals surface area contributed by atoms with Gasteiger partial charge in [-0.3, -0.25) is 9.13 Å². The quantitative estimate of drug-likeness (QED) is 0.210. The summed E-state index contributed by atoms with van der Waals surface area (Å²) in [5.74, 6) is -1.75. The summed E-state index contributed by atoms with van der Waals surface area (Å²) in [5.41, 5.74) is 2.36. The Morgan fingerprint density at radius 3 is 1.17 bits per heavy atom. The second-order valence-electron chi connectivity index (χ2n) is 7.55. The van der Waals surface area contributed by atoms with Crippen molar-refractivity contribution in [2.45, 2.75) is 11.6 Å². The largest absolute Gasteiger partial charge is 0.366 e. The number of rotatable bonds is 12. The van der Waals surface area contributed by atoms with Gasteiger partial charge in [-0.25, -0.2) is 0 Å². The maximum Gasteiger partial charge on any atom is 0.356 e. The average Bonchev–Trinajstić information content (AvgIpc) is 2.91. The monoisotopic (exact) mass is 572 g/mol. The summed E-state index contributed by atoms with van der Waals surface area (Å²) in [7, 11) is -2.02. The van der Waals surface area contributed by atoms with E-state index in [-0.39, 0.29) is 0 Å². The minimum Gasteiger partial charge on any atom is -0.366 e. The molecule has 3 aromatic rings. The van der Waals surface area contributed by atoms with Gasteiger partial charge in [0.15, 0.2) is 11.6 Å². The highest BCUT2D eigenvalue weighted by atomic mass is 35.5. The van der Waals surface area contributed by atoms with Crippen LogP contribution < -0.4 is 10.6 Å². The molecule has 8 nitrogen and oxygen atoms in total. The third-order valence-corrected chi connectivity index (χ3v) is 10.2. The van der Waals surface area contributed by atoms with Gasteiger partial charge in [-0.15, -0.1) is 0 Å². The Bertz CT molecular complexity index is 1130. The van der Waals surface area contributed by atoms with Crippen LogP contribution in [0.2, 0.25) is 10.0 Å². The Morgan fingerprint density at radius 1 is 0.583 bits per heavy atom. The molecule has 0 aliphatic heterocycles. The van der Waals surface area contributed by atoms with Gasteiger partial charge in [-0.2, -0.15) is 0 Å². The zero-order valence-corrected chi connectivity index (χ0v) is 23.5. The maximum absolute atomic E-state index is 13.5. The van der Waals surface area contributed by atoms with Gasteiger partial charge in [0.2, 0.25) is 0 Å². The molecule has 0 aliphatic carbocycles. The van der Waals surface area contributed by atoms with Crippen LogP contribution >= 0.6 is 38.4 Å². The lowest BCUT2D eigenvalue weighted by atomic mass is 10.2. The molecule has 0 bridgehead atoms. The van der Waals surface area contributed by atoms with Crippen molar-refractivity contribution in [3.8, 4) is 0 Å². The molecule has 0 aromatic heterocycles. The van der Waals surface area contributed by atoms with Crippen LogP contribution in [-0.4, -0.2) is 28.4 Å². The number of benzene rings is 3. The van der Waals surface area contributed by atoms with Gasteiger partial charge < -0.3 is 28.7 Å². The first kappa shape index (κ1) is 28.7. The van der Waals surface area contributed by atoms with Gasteiger partial charge in [-0.1, -0.05) is 59.6 Å². The minimum absolute atomic E-state index is 0.532. The highest BCUT2D eigenvalue weighted by Gasteiger charge is 2.38. The van der Waals surface area contributed by atoms with E-state index in [1.54, 1.807) is 72.8 Å². The summed E-state index contributed by atoms with van der Waals surface area (Å²) in [4.78, 5) is 0. The van der Waals surface area contributed by atoms with E-state index < -0.39 is 26.8 Å². The van der Waals surface area contributed by atoms with E-state index >= 15 is 0 Å². The second-order valence-corrected chi connectivity index (χ2v) is 13.1. The van der Waals surface area contributed by atoms with Crippen molar-refractivity contribution in [2.75, 3.05) is 39.1 Å². The van der Waals surface area contributed by atoms with Crippen molar-refractivity contribution in [3.05, 3.63) is 94.0 Å². The highest BCUT2D eigenvalue weighted by Crippen LogP contribution is 2.62. The van der Waals surface area contributed by atoms with E-state index in [2.05, 4.69) is 10.6 Å². The molecule has 3 aromatic carbocycles. The van der Waals surface area contributed by atoms with Crippen LogP contribution in [-0.2, 0) is 27.2 Å². The molecule has 0 fully saturated rings. The minimum atomic E-state index is -3.66. The van der Waals surface area contributed by atoms with Crippen molar-refractivity contribution in [3.63, 3.8) is 0 Å². The van der Waals surface area contributed by atoms with Crippen LogP contribution in [0.4, 0.5) is 11.4 Å². The number of halogens is 2. The molecule has 0 amide bonds. The Morgan fingerprint density at radius 2 is 0.889 bits per heavy atom. The van der Waals surface area contributed by atoms with Crippen molar-refractivity contribution in [1.29, 1.82) is 0 Å². The molecule has 2 unspecified atom stereocenters. The Labute approximate surface area is 221 Å². The lowest BCUT2D eigenvalue weighted by molar-refractivity contribution is 0.267. The maximum atomic E-state index is 13.5. The Hall–Kier alpha value is -1.86. The predicted octanol–water partition coefficient (Wildman–Crippen LogP) is 8.19. The number of nitrogens with one attached hydrogen (secondary N) is 2. The fourth-order valence-corrected chi connectivity index (χ4v) is 6.64. The molecule has 12 heteroatoms. The van der Waals surface area contributed by atoms with Crippen LogP contribution in [0.1, 0.15) is 22.7 Å². The molecule has 2 N–H and O–H groups in total. The number of para-hydroxylation sites is 2. The van der Waals surface area contributed by atoms with Crippen LogP contribution in [0.25, 0.3) is 0 Å². The van der Waals surface area contributed by atoms with Gasteiger partial charge in [0, 0.05) is 38.5 Å². The van der Waals surface area contributed by atoms with Crippen molar-refractivity contribution in [1.82, 2.24) is 0 Å². The van der Waals surface area contributed by atoms with Gasteiger partial charge >= 0.3 is 15.2 Å². The number of hydrogen-bond acceptors (Lipinski definition) is 8. The van der Waals surface area contributed by atoms with Crippen molar-refractivity contribution >= 4 is 49.8 Å². The second kappa shape index (κ2) is 12.6. The molecular formula is C24H28Cl2N2O6P2. The third-order valence-electron chi connectivity index (χ3n) is 5.53. The molecule has 2 atom stereocenters. The van der Waals surface area contributed by atoms with Gasteiger partial charge in [0.05, 0.1) is 11.4 Å².